The second-order valence-electron chi connectivity index (χ2n) is 16.8. The fraction of sp³-hybridized carbons (Fsp3) is 0.605. The lowest BCUT2D eigenvalue weighted by atomic mass is 9.96. The highest BCUT2D eigenvalue weighted by atomic mass is 16.4. The van der Waals surface area contributed by atoms with Crippen molar-refractivity contribution in [1.29, 1.82) is 0 Å². The van der Waals surface area contributed by atoms with Gasteiger partial charge in [0.2, 0.25) is 35.4 Å². The number of carbonyl (C=O) groups excluding carboxylic acids is 6. The molecule has 0 unspecified atom stereocenters. The first kappa shape index (κ1) is 52.1. The van der Waals surface area contributed by atoms with Crippen LogP contribution in [-0.2, 0) is 46.4 Å². The summed E-state index contributed by atoms with van der Waals surface area (Å²) in [5.41, 5.74) is 17.9. The average molecular weight is 897 g/mol. The first-order valence-electron chi connectivity index (χ1n) is 21.9. The van der Waals surface area contributed by atoms with Crippen LogP contribution >= 0.6 is 0 Å². The summed E-state index contributed by atoms with van der Waals surface area (Å²) in [5.74, 6) is -6.54. The Morgan fingerprint density at radius 1 is 0.828 bits per heavy atom. The second kappa shape index (κ2) is 25.1. The van der Waals surface area contributed by atoms with Gasteiger partial charge in [0.25, 0.3) is 0 Å². The predicted octanol–water partition coefficient (Wildman–Crippen LogP) is -0.471. The lowest BCUT2D eigenvalue weighted by molar-refractivity contribution is -0.146. The molecule has 21 heteroatoms. The first-order chi connectivity index (χ1) is 30.3. The molecule has 14 N–H and O–H groups in total. The zero-order valence-corrected chi connectivity index (χ0v) is 37.6. The number of nitrogens with one attached hydrogen (secondary N) is 6. The molecule has 6 amide bonds. The maximum atomic E-state index is 14.4. The van der Waals surface area contributed by atoms with E-state index in [0.717, 1.165) is 0 Å². The molecule has 1 aliphatic rings. The first-order valence-corrected chi connectivity index (χ1v) is 21.9. The van der Waals surface area contributed by atoms with Gasteiger partial charge in [0.1, 0.15) is 42.0 Å². The highest BCUT2D eigenvalue weighted by Crippen LogP contribution is 2.22. The number of guanidine groups is 1. The van der Waals surface area contributed by atoms with Crippen molar-refractivity contribution in [1.82, 2.24) is 41.5 Å². The van der Waals surface area contributed by atoms with Gasteiger partial charge in [-0.25, -0.2) is 9.78 Å². The zero-order chi connectivity index (χ0) is 47.7. The van der Waals surface area contributed by atoms with Crippen LogP contribution in [-0.4, -0.2) is 128 Å². The molecule has 9 atom stereocenters. The van der Waals surface area contributed by atoms with E-state index in [9.17, 15) is 43.8 Å². The Morgan fingerprint density at radius 3 is 2.02 bits per heavy atom. The maximum Gasteiger partial charge on any atom is 0.326 e. The predicted molar refractivity (Wildman–Crippen MR) is 238 cm³/mol. The highest BCUT2D eigenvalue weighted by molar-refractivity contribution is 5.97. The quantitative estimate of drug-likeness (QED) is 0.0342. The fourth-order valence-electron chi connectivity index (χ4n) is 7.25. The number of phenolic OH excluding ortho intramolecular Hbond substituents is 1. The van der Waals surface area contributed by atoms with Crippen LogP contribution < -0.4 is 43.8 Å². The number of hydrogen-bond acceptors (Lipinski definition) is 11. The van der Waals surface area contributed by atoms with Crippen LogP contribution in [0.4, 0.5) is 0 Å². The number of hydrogen-bond donors (Lipinski definition) is 11. The van der Waals surface area contributed by atoms with E-state index in [1.807, 2.05) is 13.8 Å². The smallest absolute Gasteiger partial charge is 0.326 e. The minimum atomic E-state index is -1.29. The van der Waals surface area contributed by atoms with Gasteiger partial charge in [-0.3, -0.25) is 33.8 Å². The fourth-order valence-corrected chi connectivity index (χ4v) is 7.25. The number of aromatic hydroxyl groups is 1. The number of nitrogens with zero attached hydrogens (tertiary/aromatic N) is 3. The summed E-state index contributed by atoms with van der Waals surface area (Å²) in [6.45, 7) is 11.0. The number of imidazole rings is 1. The van der Waals surface area contributed by atoms with Crippen LogP contribution in [0.1, 0.15) is 91.3 Å². The van der Waals surface area contributed by atoms with Crippen molar-refractivity contribution >= 4 is 47.4 Å². The van der Waals surface area contributed by atoms with Crippen molar-refractivity contribution in [3.8, 4) is 5.75 Å². The summed E-state index contributed by atoms with van der Waals surface area (Å²) < 4.78 is 0. The molecule has 3 rings (SSSR count). The van der Waals surface area contributed by atoms with E-state index in [1.54, 1.807) is 39.8 Å². The van der Waals surface area contributed by atoms with E-state index in [4.69, 9.17) is 17.2 Å². The van der Waals surface area contributed by atoms with Crippen LogP contribution in [0.3, 0.4) is 0 Å². The number of aromatic amines is 1. The van der Waals surface area contributed by atoms with Gasteiger partial charge >= 0.3 is 5.97 Å². The molecular weight excluding hydrogens is 829 g/mol. The third-order valence-electron chi connectivity index (χ3n) is 11.6. The van der Waals surface area contributed by atoms with Crippen molar-refractivity contribution in [3.63, 3.8) is 0 Å². The second-order valence-corrected chi connectivity index (χ2v) is 16.8. The number of aliphatic carboxylic acids is 1. The van der Waals surface area contributed by atoms with E-state index in [2.05, 4.69) is 41.5 Å². The number of likely N-dealkylation sites (tertiary alicyclic amines) is 1. The van der Waals surface area contributed by atoms with Crippen molar-refractivity contribution in [2.24, 2.45) is 39.9 Å². The molecule has 64 heavy (non-hydrogen) atoms. The Labute approximate surface area is 373 Å². The summed E-state index contributed by atoms with van der Waals surface area (Å²) >= 11 is 0. The van der Waals surface area contributed by atoms with Gasteiger partial charge in [-0.05, 0) is 61.1 Å². The number of rotatable bonds is 25. The van der Waals surface area contributed by atoms with E-state index in [0.29, 0.717) is 36.9 Å². The normalized spacial score (nSPS) is 17.4. The van der Waals surface area contributed by atoms with Crippen LogP contribution in [0.25, 0.3) is 0 Å². The number of aliphatic imine (C=N–C) groups is 1. The molecule has 0 aliphatic carbocycles. The molecule has 1 aromatic heterocycles. The minimum absolute atomic E-state index is 0.0184. The Bertz CT molecular complexity index is 1910. The standard InChI is InChI=1S/C43H68N12O9/c1-7-24(5)34(40(61)51-31(20-27-21-47-22-49-27)41(62)55-18-10-12-32(55)38(59)54-35(42(63)64)25(6)8-2)53-37(58)30(19-26-13-15-28(56)16-14-26)50-39(60)33(23(3)4)52-36(57)29(44)11-9-17-48-43(45)46/h13-16,21-25,29-35,56H,7-12,17-20,44H2,1-6H3,(H,47,49)(H,50,60)(H,51,61)(H,52,57)(H,53,58)(H,54,59)(H,63,64)(H4,45,46,48)/t24-,25+,29+,30+,31+,32-,33+,34+,35+/m1/s1. The number of aromatic nitrogens is 2. The number of carboxylic acids is 1. The Hall–Kier alpha value is -6.25. The van der Waals surface area contributed by atoms with Crippen LogP contribution in [0.5, 0.6) is 5.75 Å². The maximum absolute atomic E-state index is 14.4. The Kier molecular flexibility index (Phi) is 20.5. The summed E-state index contributed by atoms with van der Waals surface area (Å²) in [7, 11) is 0. The molecule has 1 saturated heterocycles. The summed E-state index contributed by atoms with van der Waals surface area (Å²) in [5, 5.41) is 33.4. The largest absolute Gasteiger partial charge is 0.508 e. The highest BCUT2D eigenvalue weighted by Gasteiger charge is 2.41. The van der Waals surface area contributed by atoms with E-state index >= 15 is 0 Å². The average Bonchev–Trinajstić information content (AvgIpc) is 3.97. The van der Waals surface area contributed by atoms with Gasteiger partial charge in [-0.1, -0.05) is 66.5 Å². The number of H-pyrrole nitrogens is 1. The number of carbonyl (C=O) groups is 7. The lowest BCUT2D eigenvalue weighted by Crippen LogP contribution is -2.61. The van der Waals surface area contributed by atoms with E-state index in [1.165, 1.54) is 29.6 Å². The summed E-state index contributed by atoms with van der Waals surface area (Å²) in [4.78, 5) is 108. The molecular formula is C43H68N12O9. The molecule has 0 radical (unpaired) electrons. The summed E-state index contributed by atoms with van der Waals surface area (Å²) in [6.07, 6.45) is 5.07. The van der Waals surface area contributed by atoms with Crippen molar-refractivity contribution in [2.75, 3.05) is 13.1 Å². The molecule has 1 fully saturated rings. The molecule has 1 aliphatic heterocycles. The third-order valence-corrected chi connectivity index (χ3v) is 11.6. The molecule has 0 bridgehead atoms. The van der Waals surface area contributed by atoms with Gasteiger partial charge in [0.15, 0.2) is 5.96 Å². The molecule has 2 heterocycles. The van der Waals surface area contributed by atoms with Crippen molar-refractivity contribution in [3.05, 3.63) is 48.0 Å². The molecule has 0 spiro atoms. The topological polar surface area (TPSA) is 342 Å². The third kappa shape index (κ3) is 15.5. The number of nitrogens with two attached hydrogens (primary N) is 3. The van der Waals surface area contributed by atoms with Gasteiger partial charge in [0.05, 0.1) is 12.4 Å². The number of amides is 6. The Balaban J connectivity index is 1.89. The van der Waals surface area contributed by atoms with Crippen LogP contribution in [0.15, 0.2) is 41.8 Å². The molecule has 354 valence electrons. The van der Waals surface area contributed by atoms with Gasteiger partial charge in [-0.2, -0.15) is 0 Å². The van der Waals surface area contributed by atoms with Crippen molar-refractivity contribution < 1.29 is 43.8 Å². The Morgan fingerprint density at radius 2 is 1.44 bits per heavy atom. The number of carboxylic acid groups (broad SMARTS) is 1. The van der Waals surface area contributed by atoms with Gasteiger partial charge in [-0.15, -0.1) is 0 Å². The summed E-state index contributed by atoms with van der Waals surface area (Å²) in [6, 6.07) is -2.00. The molecule has 2 aromatic rings. The lowest BCUT2D eigenvalue weighted by Gasteiger charge is -2.32. The van der Waals surface area contributed by atoms with Gasteiger partial charge < -0.3 is 63.9 Å². The SMILES string of the molecule is CC[C@@H](C)[C@H](NC(=O)[C@H](Cc1ccc(O)cc1)NC(=O)[C@@H](NC(=O)[C@@H](N)CCCN=C(N)N)C(C)C)C(=O)N[C@@H](Cc1cnc[nH]1)C(=O)N1CCC[C@@H]1C(=O)N[C@H](C(=O)O)[C@@H](C)CC. The molecule has 0 saturated carbocycles. The molecule has 21 nitrogen and oxygen atoms in total. The monoisotopic (exact) mass is 897 g/mol. The van der Waals surface area contributed by atoms with E-state index < -0.39 is 95.5 Å². The van der Waals surface area contributed by atoms with Crippen molar-refractivity contribution in [2.45, 2.75) is 135 Å². The van der Waals surface area contributed by atoms with Crippen LogP contribution in [0.2, 0.25) is 0 Å². The van der Waals surface area contributed by atoms with Crippen LogP contribution in [0, 0.1) is 17.8 Å². The molecule has 1 aromatic carbocycles. The number of phenols is 1. The number of benzene rings is 1. The van der Waals surface area contributed by atoms with Gasteiger partial charge in [0, 0.05) is 37.8 Å². The van der Waals surface area contributed by atoms with E-state index in [-0.39, 0.29) is 56.4 Å². The minimum Gasteiger partial charge on any atom is -0.508 e. The zero-order valence-electron chi connectivity index (χ0n) is 37.6.